The van der Waals surface area contributed by atoms with Crippen molar-refractivity contribution in [3.8, 4) is 0 Å². The molecular formula is C18H20FN3O2S. The number of ether oxygens (including phenoxy) is 1. The molecule has 132 valence electrons. The maximum atomic E-state index is 14.0. The molecule has 7 heteroatoms. The smallest absolute Gasteiger partial charge is 0.336 e. The first-order chi connectivity index (χ1) is 12.0. The van der Waals surface area contributed by atoms with E-state index < -0.39 is 12.0 Å². The summed E-state index contributed by atoms with van der Waals surface area (Å²) in [7, 11) is 0. The number of hydrogen-bond acceptors (Lipinski definition) is 5. The molecule has 0 saturated carbocycles. The van der Waals surface area contributed by atoms with Crippen molar-refractivity contribution in [2.45, 2.75) is 26.8 Å². The minimum atomic E-state index is -0.774. The second kappa shape index (κ2) is 8.53. The number of esters is 1. The van der Waals surface area contributed by atoms with Crippen LogP contribution >= 0.6 is 11.3 Å². The molecule has 0 saturated heterocycles. The Morgan fingerprint density at radius 1 is 1.52 bits per heavy atom. The van der Waals surface area contributed by atoms with Crippen molar-refractivity contribution in [2.75, 3.05) is 6.61 Å². The second-order valence-electron chi connectivity index (χ2n) is 5.17. The van der Waals surface area contributed by atoms with Crippen LogP contribution in [0.1, 0.15) is 36.0 Å². The normalized spacial score (nSPS) is 13.6. The summed E-state index contributed by atoms with van der Waals surface area (Å²) in [6, 6.07) is 3.90. The number of aliphatic imine (C=N–C) groups is 1. The van der Waals surface area contributed by atoms with Gasteiger partial charge >= 0.3 is 5.97 Å². The lowest BCUT2D eigenvalue weighted by Gasteiger charge is -2.19. The Morgan fingerprint density at radius 2 is 2.28 bits per heavy atom. The molecule has 1 atom stereocenters. The number of aromatic nitrogens is 1. The Bertz CT molecular complexity index is 801. The van der Waals surface area contributed by atoms with Crippen LogP contribution in [0.2, 0.25) is 0 Å². The Hall–Kier alpha value is -2.54. The van der Waals surface area contributed by atoms with Crippen molar-refractivity contribution in [1.29, 1.82) is 0 Å². The summed E-state index contributed by atoms with van der Waals surface area (Å²) in [4.78, 5) is 20.9. The van der Waals surface area contributed by atoms with Gasteiger partial charge in [0, 0.05) is 11.6 Å². The van der Waals surface area contributed by atoms with E-state index in [1.807, 2.05) is 0 Å². The summed E-state index contributed by atoms with van der Waals surface area (Å²) in [6.45, 7) is 5.31. The third kappa shape index (κ3) is 4.30. The molecule has 1 heterocycles. The van der Waals surface area contributed by atoms with E-state index in [0.717, 1.165) is 0 Å². The van der Waals surface area contributed by atoms with Gasteiger partial charge in [0.25, 0.3) is 0 Å². The van der Waals surface area contributed by atoms with Gasteiger partial charge in [0.2, 0.25) is 0 Å². The number of allylic oxidation sites excluding steroid dienone is 1. The minimum Gasteiger partial charge on any atom is -0.463 e. The summed E-state index contributed by atoms with van der Waals surface area (Å²) in [5.41, 5.74) is 7.32. The van der Waals surface area contributed by atoms with Gasteiger partial charge in [-0.05, 0) is 38.0 Å². The Labute approximate surface area is 150 Å². The quantitative estimate of drug-likeness (QED) is 0.369. The predicted molar refractivity (Wildman–Crippen MR) is 97.1 cm³/mol. The van der Waals surface area contributed by atoms with Gasteiger partial charge in [0.05, 0.1) is 12.2 Å². The van der Waals surface area contributed by atoms with Crippen LogP contribution in [0.15, 0.2) is 46.4 Å². The molecule has 1 aromatic carbocycles. The molecule has 0 unspecified atom stereocenters. The number of carbonyl (C=O) groups excluding carboxylic acids is 1. The fraction of sp³-hybridized carbons (Fsp3) is 0.278. The average molecular weight is 361 g/mol. The number of halogens is 1. The summed E-state index contributed by atoms with van der Waals surface area (Å²) in [5, 5.41) is 2.32. The first kappa shape index (κ1) is 18.8. The zero-order chi connectivity index (χ0) is 18.4. The topological polar surface area (TPSA) is 77.6 Å². The molecule has 2 N–H and O–H groups in total. The lowest BCUT2D eigenvalue weighted by Crippen LogP contribution is -2.20. The number of benzene rings is 1. The van der Waals surface area contributed by atoms with E-state index in [2.05, 4.69) is 9.98 Å². The van der Waals surface area contributed by atoms with Crippen molar-refractivity contribution in [3.63, 3.8) is 0 Å². The zero-order valence-electron chi connectivity index (χ0n) is 14.3. The molecule has 1 aromatic heterocycles. The number of nitrogens with two attached hydrogens (primary N) is 1. The van der Waals surface area contributed by atoms with Crippen LogP contribution in [0.5, 0.6) is 0 Å². The molecule has 0 radical (unpaired) electrons. The number of thiazole rings is 1. The second-order valence-corrected chi connectivity index (χ2v) is 6.07. The molecule has 25 heavy (non-hydrogen) atoms. The first-order valence-electron chi connectivity index (χ1n) is 7.81. The Kier molecular flexibility index (Phi) is 6.41. The molecule has 2 rings (SSSR count). The van der Waals surface area contributed by atoms with Gasteiger partial charge in [-0.15, -0.1) is 11.3 Å². The summed E-state index contributed by atoms with van der Waals surface area (Å²) in [6.07, 6.45) is 3.23. The number of hydrogen-bond donors (Lipinski definition) is 1. The van der Waals surface area contributed by atoms with Crippen LogP contribution in [0.3, 0.4) is 0 Å². The highest BCUT2D eigenvalue weighted by Crippen LogP contribution is 2.31. The third-order valence-electron chi connectivity index (χ3n) is 3.64. The molecule has 2 aromatic rings. The number of amidine groups is 1. The van der Waals surface area contributed by atoms with E-state index in [4.69, 9.17) is 10.5 Å². The maximum absolute atomic E-state index is 14.0. The summed E-state index contributed by atoms with van der Waals surface area (Å²) in [5.74, 6) is -0.688. The van der Waals surface area contributed by atoms with Gasteiger partial charge in [-0.2, -0.15) is 0 Å². The van der Waals surface area contributed by atoms with Gasteiger partial charge in [-0.1, -0.05) is 18.2 Å². The molecule has 0 bridgehead atoms. The molecule has 5 nitrogen and oxygen atoms in total. The van der Waals surface area contributed by atoms with Gasteiger partial charge in [-0.3, -0.25) is 4.99 Å². The van der Waals surface area contributed by atoms with E-state index in [1.165, 1.54) is 17.4 Å². The fourth-order valence-electron chi connectivity index (χ4n) is 2.37. The van der Waals surface area contributed by atoms with E-state index in [9.17, 15) is 9.18 Å². The molecule has 0 aliphatic rings. The highest BCUT2D eigenvalue weighted by atomic mass is 32.1. The maximum Gasteiger partial charge on any atom is 0.336 e. The lowest BCUT2D eigenvalue weighted by molar-refractivity contribution is -0.138. The van der Waals surface area contributed by atoms with E-state index in [-0.39, 0.29) is 18.3 Å². The van der Waals surface area contributed by atoms with Crippen LogP contribution in [0, 0.1) is 12.7 Å². The first-order valence-corrected chi connectivity index (χ1v) is 8.69. The van der Waals surface area contributed by atoms with E-state index >= 15 is 0 Å². The van der Waals surface area contributed by atoms with Crippen molar-refractivity contribution < 1.29 is 13.9 Å². The third-order valence-corrected chi connectivity index (χ3v) is 4.44. The van der Waals surface area contributed by atoms with Gasteiger partial charge in [0.1, 0.15) is 11.9 Å². The summed E-state index contributed by atoms with van der Waals surface area (Å²) >= 11 is 1.34. The number of rotatable bonds is 6. The molecule has 0 aliphatic heterocycles. The largest absolute Gasteiger partial charge is 0.463 e. The van der Waals surface area contributed by atoms with Gasteiger partial charge < -0.3 is 10.5 Å². The number of carbonyl (C=O) groups is 1. The van der Waals surface area contributed by atoms with Crippen LogP contribution in [0.4, 0.5) is 4.39 Å². The summed E-state index contributed by atoms with van der Waals surface area (Å²) < 4.78 is 19.2. The highest BCUT2D eigenvalue weighted by molar-refractivity contribution is 7.11. The minimum absolute atomic E-state index is 0.187. The van der Waals surface area contributed by atoms with Crippen LogP contribution in [0.25, 0.3) is 0 Å². The van der Waals surface area contributed by atoms with Gasteiger partial charge in [0.15, 0.2) is 10.8 Å². The molecule has 0 fully saturated rings. The van der Waals surface area contributed by atoms with Crippen LogP contribution in [-0.4, -0.2) is 23.4 Å². The monoisotopic (exact) mass is 361 g/mol. The Balaban J connectivity index is 2.57. The standard InChI is InChI=1S/C18H20FN3O2S/c1-4-12(18(23)24-5-2)15(13-7-6-8-14(19)11(13)3)22-16(20)17-21-9-10-25-17/h4,6-10,15H,5H2,1-3H3,(H2,20,22)/b12-4-/t15-/m1/s1. The van der Waals surface area contributed by atoms with Crippen molar-refractivity contribution in [3.05, 3.63) is 63.4 Å². The Morgan fingerprint density at radius 3 is 2.88 bits per heavy atom. The lowest BCUT2D eigenvalue weighted by atomic mass is 9.94. The van der Waals surface area contributed by atoms with Crippen LogP contribution in [-0.2, 0) is 9.53 Å². The van der Waals surface area contributed by atoms with Crippen molar-refractivity contribution >= 4 is 23.1 Å². The average Bonchev–Trinajstić information content (AvgIpc) is 3.12. The van der Waals surface area contributed by atoms with Crippen molar-refractivity contribution in [2.24, 2.45) is 10.7 Å². The van der Waals surface area contributed by atoms with Crippen molar-refractivity contribution in [1.82, 2.24) is 4.98 Å². The molecular weight excluding hydrogens is 341 g/mol. The molecule has 0 amide bonds. The fourth-order valence-corrected chi connectivity index (χ4v) is 2.92. The highest BCUT2D eigenvalue weighted by Gasteiger charge is 2.26. The number of nitrogens with zero attached hydrogens (tertiary/aromatic N) is 2. The predicted octanol–water partition coefficient (Wildman–Crippen LogP) is 3.55. The van der Waals surface area contributed by atoms with E-state index in [0.29, 0.717) is 21.7 Å². The SMILES string of the molecule is C/C=C(\C(=O)OCC)[C@@H](N=C(N)c1nccs1)c1cccc(F)c1C. The molecule has 0 aliphatic carbocycles. The molecule has 0 spiro atoms. The van der Waals surface area contributed by atoms with Gasteiger partial charge in [-0.25, -0.2) is 14.2 Å². The zero-order valence-corrected chi connectivity index (χ0v) is 15.1. The van der Waals surface area contributed by atoms with E-state index in [1.54, 1.807) is 50.6 Å². The van der Waals surface area contributed by atoms with Crippen LogP contribution < -0.4 is 5.73 Å².